The van der Waals surface area contributed by atoms with Gasteiger partial charge in [-0.15, -0.1) is 0 Å². The molecule has 2 aromatic carbocycles. The maximum absolute atomic E-state index is 12.5. The Kier molecular flexibility index (Phi) is 4.06. The van der Waals surface area contributed by atoms with Crippen molar-refractivity contribution in [2.24, 2.45) is 0 Å². The molecule has 132 valence electrons. The molecule has 0 spiro atoms. The zero-order chi connectivity index (χ0) is 18.1. The number of para-hydroxylation sites is 1. The number of benzene rings is 2. The smallest absolute Gasteiger partial charge is 0.261 e. The Morgan fingerprint density at radius 3 is 2.77 bits per heavy atom. The number of anilines is 1. The van der Waals surface area contributed by atoms with Gasteiger partial charge in [-0.05, 0) is 18.2 Å². The Bertz CT molecular complexity index is 1150. The maximum Gasteiger partial charge on any atom is 0.261 e. The summed E-state index contributed by atoms with van der Waals surface area (Å²) in [5, 5.41) is 0.783. The zero-order valence-corrected chi connectivity index (χ0v) is 14.2. The first-order chi connectivity index (χ1) is 12.7. The molecule has 0 fully saturated rings. The topological polar surface area (TPSA) is 106 Å². The number of methoxy groups -OCH3 is 1. The SMILES string of the molecule is COCCOc1ccc2nc(-c3c(N)c4ccccc4[nH]c3=O)[nH]c2c1. The summed E-state index contributed by atoms with van der Waals surface area (Å²) in [4.78, 5) is 23.1. The fourth-order valence-corrected chi connectivity index (χ4v) is 2.94. The lowest BCUT2D eigenvalue weighted by Gasteiger charge is -2.06. The van der Waals surface area contributed by atoms with Crippen LogP contribution in [0.1, 0.15) is 0 Å². The van der Waals surface area contributed by atoms with Crippen LogP contribution >= 0.6 is 0 Å². The summed E-state index contributed by atoms with van der Waals surface area (Å²) in [7, 11) is 1.62. The molecule has 0 radical (unpaired) electrons. The Hall–Kier alpha value is -3.32. The average Bonchev–Trinajstić information content (AvgIpc) is 3.04. The summed E-state index contributed by atoms with van der Waals surface area (Å²) in [5.74, 6) is 1.13. The minimum atomic E-state index is -0.281. The fraction of sp³-hybridized carbons (Fsp3) is 0.158. The van der Waals surface area contributed by atoms with Gasteiger partial charge in [0, 0.05) is 18.6 Å². The van der Waals surface area contributed by atoms with Crippen molar-refractivity contribution >= 4 is 27.6 Å². The fourth-order valence-electron chi connectivity index (χ4n) is 2.94. The highest BCUT2D eigenvalue weighted by atomic mass is 16.5. The van der Waals surface area contributed by atoms with E-state index in [2.05, 4.69) is 15.0 Å². The van der Waals surface area contributed by atoms with E-state index < -0.39 is 0 Å². The van der Waals surface area contributed by atoms with Crippen LogP contribution in [0.5, 0.6) is 5.75 Å². The van der Waals surface area contributed by atoms with Crippen molar-refractivity contribution in [3.63, 3.8) is 0 Å². The number of nitrogens with one attached hydrogen (secondary N) is 2. The molecule has 0 aliphatic carbocycles. The van der Waals surface area contributed by atoms with Crippen molar-refractivity contribution in [1.29, 1.82) is 0 Å². The lowest BCUT2D eigenvalue weighted by atomic mass is 10.1. The van der Waals surface area contributed by atoms with Crippen LogP contribution in [-0.2, 0) is 4.74 Å². The number of pyridine rings is 1. The molecule has 26 heavy (non-hydrogen) atoms. The molecular weight excluding hydrogens is 332 g/mol. The summed E-state index contributed by atoms with van der Waals surface area (Å²) in [6.07, 6.45) is 0. The molecule has 4 N–H and O–H groups in total. The first-order valence-corrected chi connectivity index (χ1v) is 8.20. The second kappa shape index (κ2) is 6.53. The second-order valence-corrected chi connectivity index (χ2v) is 5.89. The molecule has 2 aromatic heterocycles. The molecule has 0 atom stereocenters. The molecule has 7 heteroatoms. The van der Waals surface area contributed by atoms with Crippen molar-refractivity contribution in [1.82, 2.24) is 15.0 Å². The molecule has 0 unspecified atom stereocenters. The summed E-state index contributed by atoms with van der Waals surface area (Å²) < 4.78 is 10.6. The van der Waals surface area contributed by atoms with Crippen molar-refractivity contribution in [3.8, 4) is 17.1 Å². The number of rotatable bonds is 5. The number of fused-ring (bicyclic) bond motifs is 2. The van der Waals surface area contributed by atoms with E-state index in [9.17, 15) is 4.79 Å². The Labute approximate surface area is 148 Å². The van der Waals surface area contributed by atoms with Gasteiger partial charge in [-0.3, -0.25) is 4.79 Å². The van der Waals surface area contributed by atoms with Gasteiger partial charge in [-0.25, -0.2) is 4.98 Å². The predicted molar refractivity (Wildman–Crippen MR) is 101 cm³/mol. The molecule has 7 nitrogen and oxygen atoms in total. The predicted octanol–water partition coefficient (Wildman–Crippen LogP) is 2.68. The molecule has 0 saturated heterocycles. The number of nitrogen functional groups attached to an aromatic ring is 1. The van der Waals surface area contributed by atoms with Gasteiger partial charge in [-0.1, -0.05) is 18.2 Å². The van der Waals surface area contributed by atoms with Crippen molar-refractivity contribution in [2.45, 2.75) is 0 Å². The second-order valence-electron chi connectivity index (χ2n) is 5.89. The molecule has 0 saturated carbocycles. The van der Waals surface area contributed by atoms with Crippen LogP contribution in [-0.4, -0.2) is 35.3 Å². The number of H-pyrrole nitrogens is 2. The molecule has 4 aromatic rings. The van der Waals surface area contributed by atoms with Gasteiger partial charge in [0.1, 0.15) is 23.7 Å². The van der Waals surface area contributed by atoms with E-state index in [1.807, 2.05) is 42.5 Å². The standard InChI is InChI=1S/C19H18N4O3/c1-25-8-9-26-11-6-7-14-15(10-11)22-18(21-14)16-17(20)12-4-2-3-5-13(12)23-19(16)24/h2-7,10H,8-9H2,1H3,(H,21,22)(H3,20,23,24). The van der Waals surface area contributed by atoms with E-state index in [0.717, 1.165) is 16.4 Å². The van der Waals surface area contributed by atoms with Gasteiger partial charge in [-0.2, -0.15) is 0 Å². The number of aromatic nitrogens is 3. The maximum atomic E-state index is 12.5. The Balaban J connectivity index is 1.79. The van der Waals surface area contributed by atoms with Crippen LogP contribution in [0.25, 0.3) is 33.3 Å². The largest absolute Gasteiger partial charge is 0.491 e. The number of hydrogen-bond donors (Lipinski definition) is 3. The van der Waals surface area contributed by atoms with Crippen LogP contribution < -0.4 is 16.0 Å². The van der Waals surface area contributed by atoms with Crippen LogP contribution in [0.3, 0.4) is 0 Å². The molecule has 2 heterocycles. The van der Waals surface area contributed by atoms with Crippen molar-refractivity contribution in [3.05, 3.63) is 52.8 Å². The van der Waals surface area contributed by atoms with Crippen molar-refractivity contribution < 1.29 is 9.47 Å². The van der Waals surface area contributed by atoms with E-state index in [1.165, 1.54) is 0 Å². The lowest BCUT2D eigenvalue weighted by molar-refractivity contribution is 0.146. The molecule has 4 rings (SSSR count). The summed E-state index contributed by atoms with van der Waals surface area (Å²) in [5.41, 5.74) is 8.91. The minimum absolute atomic E-state index is 0.281. The first-order valence-electron chi connectivity index (χ1n) is 8.20. The van der Waals surface area contributed by atoms with Gasteiger partial charge in [0.2, 0.25) is 0 Å². The van der Waals surface area contributed by atoms with E-state index in [0.29, 0.717) is 41.6 Å². The summed E-state index contributed by atoms with van der Waals surface area (Å²) in [6, 6.07) is 12.9. The zero-order valence-electron chi connectivity index (χ0n) is 14.2. The molecular formula is C19H18N4O3. The van der Waals surface area contributed by atoms with Crippen LogP contribution in [0.2, 0.25) is 0 Å². The van der Waals surface area contributed by atoms with Gasteiger partial charge >= 0.3 is 0 Å². The minimum Gasteiger partial charge on any atom is -0.491 e. The van der Waals surface area contributed by atoms with Crippen LogP contribution in [0.15, 0.2) is 47.3 Å². The van der Waals surface area contributed by atoms with E-state index >= 15 is 0 Å². The molecule has 0 aliphatic heterocycles. The highest BCUT2D eigenvalue weighted by Gasteiger charge is 2.16. The Morgan fingerprint density at radius 2 is 1.92 bits per heavy atom. The quantitative estimate of drug-likeness (QED) is 0.480. The highest BCUT2D eigenvalue weighted by Crippen LogP contribution is 2.29. The normalized spacial score (nSPS) is 11.3. The number of hydrogen-bond acceptors (Lipinski definition) is 5. The highest BCUT2D eigenvalue weighted by molar-refractivity contribution is 5.97. The monoisotopic (exact) mass is 350 g/mol. The molecule has 0 aliphatic rings. The lowest BCUT2D eigenvalue weighted by Crippen LogP contribution is -2.13. The summed E-state index contributed by atoms with van der Waals surface area (Å²) in [6.45, 7) is 0.968. The molecule has 0 amide bonds. The van der Waals surface area contributed by atoms with Gasteiger partial charge in [0.05, 0.1) is 28.8 Å². The number of aromatic amines is 2. The average molecular weight is 350 g/mol. The number of nitrogens with two attached hydrogens (primary N) is 1. The third-order valence-corrected chi connectivity index (χ3v) is 4.21. The van der Waals surface area contributed by atoms with Gasteiger partial charge in [0.15, 0.2) is 0 Å². The first kappa shape index (κ1) is 16.2. The van der Waals surface area contributed by atoms with Gasteiger partial charge in [0.25, 0.3) is 5.56 Å². The number of imidazole rings is 1. The van der Waals surface area contributed by atoms with E-state index in [4.69, 9.17) is 15.2 Å². The third kappa shape index (κ3) is 2.78. The van der Waals surface area contributed by atoms with Crippen molar-refractivity contribution in [2.75, 3.05) is 26.1 Å². The van der Waals surface area contributed by atoms with Crippen LogP contribution in [0.4, 0.5) is 5.69 Å². The Morgan fingerprint density at radius 1 is 1.08 bits per heavy atom. The number of nitrogens with zero attached hydrogens (tertiary/aromatic N) is 1. The van der Waals surface area contributed by atoms with E-state index in [1.54, 1.807) is 7.11 Å². The molecule has 0 bridgehead atoms. The van der Waals surface area contributed by atoms with Crippen LogP contribution in [0, 0.1) is 0 Å². The third-order valence-electron chi connectivity index (χ3n) is 4.21. The number of ether oxygens (including phenoxy) is 2. The summed E-state index contributed by atoms with van der Waals surface area (Å²) >= 11 is 0. The van der Waals surface area contributed by atoms with Gasteiger partial charge < -0.3 is 25.2 Å². The van der Waals surface area contributed by atoms with E-state index in [-0.39, 0.29) is 5.56 Å².